The number of halogens is 5. The fraction of sp³-hybridized carbons (Fsp3) is 0.0345. The molecule has 180 valence electrons. The highest BCUT2D eigenvalue weighted by Gasteiger charge is 2.44. The van der Waals surface area contributed by atoms with E-state index in [1.165, 1.54) is 0 Å². The average Bonchev–Trinajstić information content (AvgIpc) is 3.25. The molecule has 2 nitrogen and oxygen atoms in total. The van der Waals surface area contributed by atoms with Crippen LogP contribution < -0.4 is 9.80 Å². The van der Waals surface area contributed by atoms with E-state index < -0.39 is 40.8 Å². The van der Waals surface area contributed by atoms with E-state index in [-0.39, 0.29) is 0 Å². The largest absolute Gasteiger partial charge is 0.313 e. The summed E-state index contributed by atoms with van der Waals surface area (Å²) in [6, 6.07) is 20.8. The van der Waals surface area contributed by atoms with Crippen LogP contribution in [0.2, 0.25) is 0 Å². The molecule has 0 atom stereocenters. The molecule has 0 saturated carbocycles. The molecule has 36 heavy (non-hydrogen) atoms. The number of nitrogens with zero attached hydrogens (tertiary/aromatic N) is 2. The van der Waals surface area contributed by atoms with Gasteiger partial charge in [-0.3, -0.25) is 0 Å². The minimum Gasteiger partial charge on any atom is -0.313 e. The van der Waals surface area contributed by atoms with E-state index in [0.29, 0.717) is 33.9 Å². The lowest BCUT2D eigenvalue weighted by atomic mass is 10.0. The van der Waals surface area contributed by atoms with Crippen molar-refractivity contribution in [3.8, 4) is 0 Å². The Hall–Kier alpha value is -4.39. The first kappa shape index (κ1) is 23.4. The number of fused-ring (bicyclic) bond motifs is 1. The lowest BCUT2D eigenvalue weighted by Crippen LogP contribution is -2.33. The maximum atomic E-state index is 15.4. The Bertz CT molecular complexity index is 1410. The summed E-state index contributed by atoms with van der Waals surface area (Å²) in [6.45, 7) is 7.65. The van der Waals surface area contributed by atoms with Crippen LogP contribution in [0.5, 0.6) is 0 Å². The predicted molar refractivity (Wildman–Crippen MR) is 133 cm³/mol. The Morgan fingerprint density at radius 2 is 0.833 bits per heavy atom. The van der Waals surface area contributed by atoms with Gasteiger partial charge < -0.3 is 9.80 Å². The third-order valence-electron chi connectivity index (χ3n) is 6.22. The number of anilines is 4. The standard InChI is InChI=1S/C29H19F5N2/c1-3-17-11-5-7-13-19(17)35-21-15-9-10-16-22(21)36(20-14-8-6-12-18(20)4-2)29(35)23-24(30)26(32)28(34)27(33)25(23)31/h3-16,29H,1-2H2. The van der Waals surface area contributed by atoms with Crippen molar-refractivity contribution in [2.24, 2.45) is 0 Å². The molecule has 0 amide bonds. The number of para-hydroxylation sites is 4. The summed E-state index contributed by atoms with van der Waals surface area (Å²) in [7, 11) is 0. The minimum absolute atomic E-state index is 0.479. The van der Waals surface area contributed by atoms with E-state index in [2.05, 4.69) is 13.2 Å². The Morgan fingerprint density at radius 3 is 1.22 bits per heavy atom. The van der Waals surface area contributed by atoms with Gasteiger partial charge in [0.05, 0.1) is 28.3 Å². The molecular weight excluding hydrogens is 471 g/mol. The second-order valence-corrected chi connectivity index (χ2v) is 8.11. The molecule has 5 rings (SSSR count). The molecule has 0 aromatic heterocycles. The summed E-state index contributed by atoms with van der Waals surface area (Å²) in [6.07, 6.45) is 1.66. The summed E-state index contributed by atoms with van der Waals surface area (Å²) >= 11 is 0. The van der Waals surface area contributed by atoms with Crippen LogP contribution in [0, 0.1) is 29.1 Å². The molecule has 0 spiro atoms. The van der Waals surface area contributed by atoms with Crippen molar-refractivity contribution < 1.29 is 22.0 Å². The lowest BCUT2D eigenvalue weighted by molar-refractivity contribution is 0.365. The van der Waals surface area contributed by atoms with Crippen LogP contribution in [0.4, 0.5) is 44.7 Å². The van der Waals surface area contributed by atoms with Gasteiger partial charge in [0.15, 0.2) is 23.3 Å². The van der Waals surface area contributed by atoms with Gasteiger partial charge in [-0.15, -0.1) is 0 Å². The van der Waals surface area contributed by atoms with E-state index in [9.17, 15) is 13.2 Å². The van der Waals surface area contributed by atoms with Crippen LogP contribution in [-0.2, 0) is 0 Å². The van der Waals surface area contributed by atoms with Crippen molar-refractivity contribution in [2.75, 3.05) is 9.80 Å². The molecule has 0 saturated heterocycles. The maximum absolute atomic E-state index is 15.4. The van der Waals surface area contributed by atoms with Crippen molar-refractivity contribution in [3.05, 3.63) is 132 Å². The smallest absolute Gasteiger partial charge is 0.200 e. The zero-order valence-corrected chi connectivity index (χ0v) is 18.9. The Balaban J connectivity index is 1.92. The first-order valence-electron chi connectivity index (χ1n) is 11.0. The first-order chi connectivity index (χ1) is 17.4. The molecule has 1 aliphatic heterocycles. The Labute approximate surface area is 204 Å². The van der Waals surface area contributed by atoms with Crippen molar-refractivity contribution >= 4 is 34.9 Å². The van der Waals surface area contributed by atoms with Crippen LogP contribution in [0.3, 0.4) is 0 Å². The van der Waals surface area contributed by atoms with Crippen molar-refractivity contribution in [2.45, 2.75) is 6.17 Å². The number of benzene rings is 4. The van der Waals surface area contributed by atoms with Crippen LogP contribution >= 0.6 is 0 Å². The van der Waals surface area contributed by atoms with Crippen LogP contribution in [0.15, 0.2) is 86.0 Å². The summed E-state index contributed by atoms with van der Waals surface area (Å²) in [5.74, 6) is -10.0. The predicted octanol–water partition coefficient (Wildman–Crippen LogP) is 8.66. The average molecular weight is 490 g/mol. The van der Waals surface area contributed by atoms with Gasteiger partial charge in [0.2, 0.25) is 5.82 Å². The molecule has 0 bridgehead atoms. The van der Waals surface area contributed by atoms with E-state index in [4.69, 9.17) is 0 Å². The molecule has 0 unspecified atom stereocenters. The zero-order valence-electron chi connectivity index (χ0n) is 18.9. The van der Waals surface area contributed by atoms with Gasteiger partial charge in [-0.1, -0.05) is 73.8 Å². The molecule has 4 aromatic carbocycles. The molecule has 0 N–H and O–H groups in total. The highest BCUT2D eigenvalue weighted by Crippen LogP contribution is 2.55. The number of hydrogen-bond acceptors (Lipinski definition) is 2. The van der Waals surface area contributed by atoms with E-state index in [0.717, 1.165) is 0 Å². The fourth-order valence-electron chi connectivity index (χ4n) is 4.64. The van der Waals surface area contributed by atoms with E-state index in [1.807, 2.05) is 0 Å². The van der Waals surface area contributed by atoms with Crippen LogP contribution in [0.1, 0.15) is 22.9 Å². The summed E-state index contributed by atoms with van der Waals surface area (Å²) < 4.78 is 73.9. The third-order valence-corrected chi connectivity index (χ3v) is 6.22. The molecule has 7 heteroatoms. The molecule has 0 radical (unpaired) electrons. The molecule has 0 aliphatic carbocycles. The van der Waals surface area contributed by atoms with Crippen molar-refractivity contribution in [1.29, 1.82) is 0 Å². The van der Waals surface area contributed by atoms with Gasteiger partial charge in [0, 0.05) is 0 Å². The van der Waals surface area contributed by atoms with Gasteiger partial charge in [0.1, 0.15) is 6.17 Å². The normalized spacial score (nSPS) is 13.1. The van der Waals surface area contributed by atoms with Gasteiger partial charge in [-0.2, -0.15) is 0 Å². The SMILES string of the molecule is C=Cc1ccccc1N1c2ccccc2N(c2ccccc2C=C)C1c1c(F)c(F)c(F)c(F)c1F. The van der Waals surface area contributed by atoms with Gasteiger partial charge in [-0.25, -0.2) is 22.0 Å². The highest BCUT2D eigenvalue weighted by atomic mass is 19.2. The quantitative estimate of drug-likeness (QED) is 0.157. The Morgan fingerprint density at radius 1 is 0.500 bits per heavy atom. The second-order valence-electron chi connectivity index (χ2n) is 8.11. The second kappa shape index (κ2) is 9.00. The zero-order chi connectivity index (χ0) is 25.6. The van der Waals surface area contributed by atoms with Gasteiger partial charge in [-0.05, 0) is 35.4 Å². The monoisotopic (exact) mass is 490 g/mol. The number of hydrogen-bond donors (Lipinski definition) is 0. The minimum atomic E-state index is -2.21. The molecular formula is C29H19F5N2. The Kier molecular flexibility index (Phi) is 5.84. The van der Waals surface area contributed by atoms with Crippen LogP contribution in [-0.4, -0.2) is 0 Å². The van der Waals surface area contributed by atoms with Crippen molar-refractivity contribution in [3.63, 3.8) is 0 Å². The third kappa shape index (κ3) is 3.39. The summed E-state index contributed by atoms with van der Waals surface area (Å²) in [5.41, 5.74) is 2.24. The van der Waals surface area contributed by atoms with E-state index >= 15 is 8.78 Å². The summed E-state index contributed by atoms with van der Waals surface area (Å²) in [4.78, 5) is 3.12. The lowest BCUT2D eigenvalue weighted by Gasteiger charge is -2.35. The van der Waals surface area contributed by atoms with Crippen LogP contribution in [0.25, 0.3) is 12.2 Å². The molecule has 1 heterocycles. The topological polar surface area (TPSA) is 6.48 Å². The molecule has 4 aromatic rings. The molecule has 0 fully saturated rings. The molecule has 1 aliphatic rings. The van der Waals surface area contributed by atoms with Gasteiger partial charge in [0.25, 0.3) is 0 Å². The highest BCUT2D eigenvalue weighted by molar-refractivity contribution is 5.92. The summed E-state index contributed by atoms with van der Waals surface area (Å²) in [5, 5.41) is 0. The number of rotatable bonds is 5. The van der Waals surface area contributed by atoms with Gasteiger partial charge >= 0.3 is 0 Å². The van der Waals surface area contributed by atoms with Crippen molar-refractivity contribution in [1.82, 2.24) is 0 Å². The fourth-order valence-corrected chi connectivity index (χ4v) is 4.64. The maximum Gasteiger partial charge on any atom is 0.200 e. The van der Waals surface area contributed by atoms with E-state index in [1.54, 1.807) is 94.7 Å². The first-order valence-corrected chi connectivity index (χ1v) is 11.0.